The van der Waals surface area contributed by atoms with Crippen molar-refractivity contribution in [2.45, 2.75) is 128 Å². The van der Waals surface area contributed by atoms with Gasteiger partial charge in [-0.2, -0.15) is 0 Å². The Hall–Kier alpha value is 0.0200. The molecule has 0 aromatic rings. The maximum Gasteiger partial charge on any atom is 1.00 e. The molecule has 1 atom stereocenters. The monoisotopic (exact) mass is 466 g/mol. The number of nitrogens with two attached hydrogens (primary N) is 1. The summed E-state index contributed by atoms with van der Waals surface area (Å²) < 4.78 is 0. The molecule has 1 unspecified atom stereocenters. The summed E-state index contributed by atoms with van der Waals surface area (Å²) in [5.41, 5.74) is -1.44. The number of hydrogen-bond donors (Lipinski definition) is 4. The second-order valence-corrected chi connectivity index (χ2v) is 9.09. The van der Waals surface area contributed by atoms with Crippen molar-refractivity contribution in [2.75, 3.05) is 19.7 Å². The maximum absolute atomic E-state index is 10.7. The van der Waals surface area contributed by atoms with Crippen LogP contribution in [0.25, 0.3) is 0 Å². The van der Waals surface area contributed by atoms with E-state index in [1.165, 1.54) is 83.5 Å². The fraction of sp³-hybridized carbons (Fsp3) is 0.920. The topological polar surface area (TPSA) is 107 Å². The first-order valence-electron chi connectivity index (χ1n) is 12.9. The summed E-state index contributed by atoms with van der Waals surface area (Å²) in [6.45, 7) is 3.96. The predicted octanol–water partition coefficient (Wildman–Crippen LogP) is 1.43. The zero-order valence-electron chi connectivity index (χ0n) is 21.2. The summed E-state index contributed by atoms with van der Waals surface area (Å²) in [7, 11) is 0. The van der Waals surface area contributed by atoms with Gasteiger partial charge in [-0.1, -0.05) is 110 Å². The molecule has 1 aliphatic heterocycles. The summed E-state index contributed by atoms with van der Waals surface area (Å²) in [6, 6.07) is 0. The Morgan fingerprint density at radius 1 is 0.875 bits per heavy atom. The van der Waals surface area contributed by atoms with Crippen LogP contribution in [0, 0.1) is 0 Å². The average Bonchev–Trinajstić information content (AvgIpc) is 3.33. The normalized spacial score (nSPS) is 14.3. The van der Waals surface area contributed by atoms with Gasteiger partial charge in [0.1, 0.15) is 6.54 Å². The van der Waals surface area contributed by atoms with Gasteiger partial charge in [-0.05, 0) is 6.42 Å². The van der Waals surface area contributed by atoms with Gasteiger partial charge in [-0.3, -0.25) is 4.79 Å². The molecule has 184 valence electrons. The SMILES string of the molecule is C1=NCC[NH2+]1.CCCCCCCCCCCCCCCCCCC(O)(CO)CC(=O)O.[Na+]. The second kappa shape index (κ2) is 25.6. The molecule has 0 amide bonds. The number of rotatable bonds is 20. The molecule has 0 saturated heterocycles. The van der Waals surface area contributed by atoms with Gasteiger partial charge in [0.2, 0.25) is 0 Å². The van der Waals surface area contributed by atoms with Gasteiger partial charge in [-0.15, -0.1) is 0 Å². The van der Waals surface area contributed by atoms with E-state index in [4.69, 9.17) is 10.2 Å². The molecular formula is C25H51N2NaO4+2. The third-order valence-corrected chi connectivity index (χ3v) is 5.91. The fourth-order valence-corrected chi connectivity index (χ4v) is 3.88. The van der Waals surface area contributed by atoms with E-state index in [0.29, 0.717) is 6.42 Å². The van der Waals surface area contributed by atoms with Crippen LogP contribution >= 0.6 is 0 Å². The van der Waals surface area contributed by atoms with Crippen LogP contribution in [0.2, 0.25) is 0 Å². The number of aliphatic carboxylic acids is 1. The van der Waals surface area contributed by atoms with Crippen LogP contribution in [-0.2, 0) is 4.79 Å². The Balaban J connectivity index is 0. The van der Waals surface area contributed by atoms with Crippen molar-refractivity contribution in [2.24, 2.45) is 4.99 Å². The van der Waals surface area contributed by atoms with Gasteiger partial charge in [0.05, 0.1) is 25.2 Å². The predicted molar refractivity (Wildman–Crippen MR) is 129 cm³/mol. The molecule has 6 nitrogen and oxygen atoms in total. The molecule has 0 saturated carbocycles. The van der Waals surface area contributed by atoms with Gasteiger partial charge in [0.15, 0.2) is 6.34 Å². The molecule has 0 aromatic carbocycles. The first kappa shape index (κ1) is 34.2. The number of hydrogen-bond acceptors (Lipinski definition) is 4. The second-order valence-electron chi connectivity index (χ2n) is 9.09. The molecule has 7 heteroatoms. The van der Waals surface area contributed by atoms with E-state index in [0.717, 1.165) is 32.4 Å². The summed E-state index contributed by atoms with van der Waals surface area (Å²) in [5.74, 6) is -1.06. The van der Waals surface area contributed by atoms with Gasteiger partial charge in [-0.25, -0.2) is 4.99 Å². The quantitative estimate of drug-likeness (QED) is 0.161. The van der Waals surface area contributed by atoms with Gasteiger partial charge in [0, 0.05) is 0 Å². The molecular weight excluding hydrogens is 415 g/mol. The zero-order valence-corrected chi connectivity index (χ0v) is 23.2. The molecule has 1 heterocycles. The molecule has 0 radical (unpaired) electrons. The first-order valence-corrected chi connectivity index (χ1v) is 12.9. The standard InChI is InChI=1S/C22H44O4.C3H6N2.Na/c1-2-3-4-5-6-7-8-9-10-11-12-13-14-15-16-17-18-22(26,20-23)19-21(24)25;1-2-5-3-4-1;/h23,26H,2-20H2,1H3,(H,24,25);3H,1-2H2,(H,4,5);/q;;+1/p+1. The Morgan fingerprint density at radius 3 is 1.59 bits per heavy atom. The van der Waals surface area contributed by atoms with Crippen molar-refractivity contribution in [1.29, 1.82) is 0 Å². The molecule has 0 bridgehead atoms. The van der Waals surface area contributed by atoms with Gasteiger partial charge < -0.3 is 20.6 Å². The molecule has 1 aliphatic rings. The van der Waals surface area contributed by atoms with E-state index in [1.807, 2.05) is 6.34 Å². The minimum absolute atomic E-state index is 0. The van der Waals surface area contributed by atoms with Crippen LogP contribution in [-0.4, -0.2) is 52.9 Å². The number of aliphatic hydroxyl groups is 2. The van der Waals surface area contributed by atoms with E-state index in [-0.39, 0.29) is 36.0 Å². The Bertz CT molecular complexity index is 432. The summed E-state index contributed by atoms with van der Waals surface area (Å²) in [4.78, 5) is 14.6. The molecule has 32 heavy (non-hydrogen) atoms. The number of carboxylic acids is 1. The number of unbranched alkanes of at least 4 members (excludes halogenated alkanes) is 15. The third kappa shape index (κ3) is 24.7. The molecule has 0 fully saturated rings. The van der Waals surface area contributed by atoms with Crippen molar-refractivity contribution in [3.8, 4) is 0 Å². The number of nitrogens with zero attached hydrogens (tertiary/aromatic N) is 1. The maximum atomic E-state index is 10.7. The third-order valence-electron chi connectivity index (χ3n) is 5.91. The van der Waals surface area contributed by atoms with Crippen molar-refractivity contribution >= 4 is 12.3 Å². The van der Waals surface area contributed by atoms with Crippen molar-refractivity contribution in [3.05, 3.63) is 0 Å². The van der Waals surface area contributed by atoms with E-state index in [1.54, 1.807) is 0 Å². The summed E-state index contributed by atoms with van der Waals surface area (Å²) in [5, 5.41) is 29.9. The van der Waals surface area contributed by atoms with E-state index in [9.17, 15) is 9.90 Å². The molecule has 1 rings (SSSR count). The number of aliphatic imine (C=N–C) groups is 1. The first-order chi connectivity index (χ1) is 15.0. The van der Waals surface area contributed by atoms with Gasteiger partial charge in [0.25, 0.3) is 0 Å². The van der Waals surface area contributed by atoms with Crippen LogP contribution < -0.4 is 34.9 Å². The molecule has 5 N–H and O–H groups in total. The Morgan fingerprint density at radius 2 is 1.31 bits per heavy atom. The van der Waals surface area contributed by atoms with Crippen LogP contribution in [0.1, 0.15) is 122 Å². The van der Waals surface area contributed by atoms with Crippen LogP contribution in [0.5, 0.6) is 0 Å². The number of carboxylic acid groups (broad SMARTS) is 1. The smallest absolute Gasteiger partial charge is 0.481 e. The van der Waals surface area contributed by atoms with E-state index in [2.05, 4.69) is 17.2 Å². The largest absolute Gasteiger partial charge is 1.00 e. The van der Waals surface area contributed by atoms with Gasteiger partial charge >= 0.3 is 35.5 Å². The van der Waals surface area contributed by atoms with Crippen molar-refractivity contribution < 1.29 is 55.0 Å². The minimum Gasteiger partial charge on any atom is -0.481 e. The molecule has 0 aliphatic carbocycles. The molecule has 0 spiro atoms. The average molecular weight is 467 g/mol. The van der Waals surface area contributed by atoms with E-state index < -0.39 is 18.2 Å². The van der Waals surface area contributed by atoms with Crippen molar-refractivity contribution in [1.82, 2.24) is 0 Å². The van der Waals surface area contributed by atoms with Crippen LogP contribution in [0.3, 0.4) is 0 Å². The summed E-state index contributed by atoms with van der Waals surface area (Å²) >= 11 is 0. The fourth-order valence-electron chi connectivity index (χ4n) is 3.88. The number of carbonyl (C=O) groups is 1. The summed E-state index contributed by atoms with van der Waals surface area (Å²) in [6.07, 6.45) is 22.4. The Kier molecular flexibility index (Phi) is 27.4. The number of aliphatic hydroxyl groups excluding tert-OH is 1. The zero-order chi connectivity index (χ0) is 23.0. The van der Waals surface area contributed by atoms with E-state index >= 15 is 0 Å². The molecule has 0 aromatic heterocycles. The number of quaternary nitrogens is 1. The Labute approximate surface area is 219 Å². The van der Waals surface area contributed by atoms with Crippen LogP contribution in [0.15, 0.2) is 4.99 Å². The van der Waals surface area contributed by atoms with Crippen LogP contribution in [0.4, 0.5) is 0 Å². The minimum atomic E-state index is -1.44. The van der Waals surface area contributed by atoms with Crippen molar-refractivity contribution in [3.63, 3.8) is 0 Å².